The monoisotopic (exact) mass is 393 g/mol. The van der Waals surface area contributed by atoms with Gasteiger partial charge < -0.3 is 15.5 Å². The fourth-order valence-electron chi connectivity index (χ4n) is 3.34. The highest BCUT2D eigenvalue weighted by Crippen LogP contribution is 2.21. The van der Waals surface area contributed by atoms with E-state index in [9.17, 15) is 14.4 Å². The van der Waals surface area contributed by atoms with Gasteiger partial charge in [-0.2, -0.15) is 0 Å². The maximum atomic E-state index is 12.5. The summed E-state index contributed by atoms with van der Waals surface area (Å²) in [5.41, 5.74) is 2.91. The summed E-state index contributed by atoms with van der Waals surface area (Å²) in [6.07, 6.45) is 2.83. The molecule has 0 unspecified atom stereocenters. The van der Waals surface area contributed by atoms with Gasteiger partial charge in [0.1, 0.15) is 0 Å². The number of hydrogen-bond donors (Lipinski definition) is 2. The molecule has 152 valence electrons. The number of piperidine rings is 1. The van der Waals surface area contributed by atoms with Crippen LogP contribution in [0.15, 0.2) is 48.5 Å². The summed E-state index contributed by atoms with van der Waals surface area (Å²) < 4.78 is 0. The van der Waals surface area contributed by atoms with Crippen molar-refractivity contribution in [3.05, 3.63) is 59.7 Å². The lowest BCUT2D eigenvalue weighted by molar-refractivity contribution is -0.121. The highest BCUT2D eigenvalue weighted by molar-refractivity contribution is 6.04. The van der Waals surface area contributed by atoms with E-state index in [2.05, 4.69) is 10.6 Å². The van der Waals surface area contributed by atoms with E-state index in [0.717, 1.165) is 30.6 Å². The first-order valence-electron chi connectivity index (χ1n) is 10.0. The molecule has 6 heteroatoms. The third kappa shape index (κ3) is 5.67. The van der Waals surface area contributed by atoms with Gasteiger partial charge in [0.05, 0.1) is 6.42 Å². The van der Waals surface area contributed by atoms with E-state index in [-0.39, 0.29) is 23.8 Å². The molecule has 1 fully saturated rings. The van der Waals surface area contributed by atoms with Crippen LogP contribution in [0.5, 0.6) is 0 Å². The Kier molecular flexibility index (Phi) is 6.65. The van der Waals surface area contributed by atoms with Gasteiger partial charge in [-0.05, 0) is 68.7 Å². The smallest absolute Gasteiger partial charge is 0.255 e. The fourth-order valence-corrected chi connectivity index (χ4v) is 3.34. The Balaban J connectivity index is 1.58. The first-order valence-corrected chi connectivity index (χ1v) is 10.0. The average Bonchev–Trinajstić information content (AvgIpc) is 2.69. The van der Waals surface area contributed by atoms with E-state index < -0.39 is 0 Å². The molecule has 0 aliphatic carbocycles. The number of rotatable bonds is 6. The molecule has 0 saturated carbocycles. The zero-order valence-corrected chi connectivity index (χ0v) is 16.9. The van der Waals surface area contributed by atoms with Crippen molar-refractivity contribution >= 4 is 29.1 Å². The molecule has 1 aliphatic heterocycles. The van der Waals surface area contributed by atoms with Gasteiger partial charge in [-0.25, -0.2) is 0 Å². The number of anilines is 2. The Morgan fingerprint density at radius 3 is 2.31 bits per heavy atom. The minimum Gasteiger partial charge on any atom is -0.354 e. The molecule has 1 aliphatic rings. The van der Waals surface area contributed by atoms with Crippen molar-refractivity contribution in [2.75, 3.05) is 16.8 Å². The Morgan fingerprint density at radius 2 is 1.69 bits per heavy atom. The molecule has 3 amide bonds. The third-order valence-electron chi connectivity index (χ3n) is 4.79. The Hall–Kier alpha value is -3.15. The summed E-state index contributed by atoms with van der Waals surface area (Å²) in [4.78, 5) is 38.1. The second-order valence-corrected chi connectivity index (χ2v) is 7.60. The Labute approximate surface area is 171 Å². The van der Waals surface area contributed by atoms with Crippen molar-refractivity contribution < 1.29 is 14.4 Å². The van der Waals surface area contributed by atoms with Gasteiger partial charge >= 0.3 is 0 Å². The van der Waals surface area contributed by atoms with Crippen LogP contribution in [0.1, 0.15) is 49.0 Å². The number of benzene rings is 2. The van der Waals surface area contributed by atoms with Crippen LogP contribution in [0, 0.1) is 0 Å². The Bertz CT molecular complexity index is 873. The lowest BCUT2D eigenvalue weighted by Crippen LogP contribution is -2.35. The van der Waals surface area contributed by atoms with Crippen LogP contribution in [0.25, 0.3) is 0 Å². The lowest BCUT2D eigenvalue weighted by atomic mass is 10.1. The van der Waals surface area contributed by atoms with Gasteiger partial charge in [-0.1, -0.05) is 12.1 Å². The number of amides is 3. The van der Waals surface area contributed by atoms with E-state index >= 15 is 0 Å². The van der Waals surface area contributed by atoms with Crippen molar-refractivity contribution in [2.45, 2.75) is 45.6 Å². The maximum absolute atomic E-state index is 12.5. The largest absolute Gasteiger partial charge is 0.354 e. The molecule has 0 atom stereocenters. The van der Waals surface area contributed by atoms with Gasteiger partial charge in [0.15, 0.2) is 0 Å². The summed E-state index contributed by atoms with van der Waals surface area (Å²) in [6, 6.07) is 14.5. The van der Waals surface area contributed by atoms with Crippen molar-refractivity contribution in [3.8, 4) is 0 Å². The summed E-state index contributed by atoms with van der Waals surface area (Å²) in [7, 11) is 0. The van der Waals surface area contributed by atoms with E-state index in [1.807, 2.05) is 38.1 Å². The normalized spacial score (nSPS) is 14.0. The van der Waals surface area contributed by atoms with Crippen molar-refractivity contribution in [1.29, 1.82) is 0 Å². The van der Waals surface area contributed by atoms with Crippen LogP contribution in [0.3, 0.4) is 0 Å². The fraction of sp³-hybridized carbons (Fsp3) is 0.348. The van der Waals surface area contributed by atoms with Gasteiger partial charge in [0, 0.05) is 35.9 Å². The zero-order chi connectivity index (χ0) is 20.8. The third-order valence-corrected chi connectivity index (χ3v) is 4.79. The average molecular weight is 393 g/mol. The van der Waals surface area contributed by atoms with Crippen LogP contribution in [0.2, 0.25) is 0 Å². The highest BCUT2D eigenvalue weighted by Gasteiger charge is 2.19. The molecule has 0 bridgehead atoms. The second kappa shape index (κ2) is 9.37. The standard InChI is InChI=1S/C23H27N3O3/c1-16(2)24-21(27)15-17-6-10-19(11-7-17)25-23(29)18-8-12-20(13-9-18)26-14-4-3-5-22(26)28/h6-13,16H,3-5,14-15H2,1-2H3,(H,24,27)(H,25,29). The molecule has 0 radical (unpaired) electrons. The topological polar surface area (TPSA) is 78.5 Å². The van der Waals surface area contributed by atoms with E-state index in [0.29, 0.717) is 24.1 Å². The molecule has 29 heavy (non-hydrogen) atoms. The summed E-state index contributed by atoms with van der Waals surface area (Å²) >= 11 is 0. The van der Waals surface area contributed by atoms with Gasteiger partial charge in [0.2, 0.25) is 11.8 Å². The van der Waals surface area contributed by atoms with Crippen molar-refractivity contribution in [1.82, 2.24) is 5.32 Å². The van der Waals surface area contributed by atoms with E-state index in [1.165, 1.54) is 0 Å². The van der Waals surface area contributed by atoms with Crippen LogP contribution in [-0.4, -0.2) is 30.3 Å². The maximum Gasteiger partial charge on any atom is 0.255 e. The highest BCUT2D eigenvalue weighted by atomic mass is 16.2. The van der Waals surface area contributed by atoms with Crippen molar-refractivity contribution in [2.24, 2.45) is 0 Å². The van der Waals surface area contributed by atoms with Crippen LogP contribution in [0.4, 0.5) is 11.4 Å². The second-order valence-electron chi connectivity index (χ2n) is 7.60. The van der Waals surface area contributed by atoms with Crippen LogP contribution < -0.4 is 15.5 Å². The van der Waals surface area contributed by atoms with E-state index in [4.69, 9.17) is 0 Å². The molecular formula is C23H27N3O3. The number of nitrogens with one attached hydrogen (secondary N) is 2. The van der Waals surface area contributed by atoms with Crippen molar-refractivity contribution in [3.63, 3.8) is 0 Å². The molecule has 0 aromatic heterocycles. The minimum atomic E-state index is -0.216. The predicted octanol–water partition coefficient (Wildman–Crippen LogP) is 3.52. The van der Waals surface area contributed by atoms with Gasteiger partial charge in [-0.15, -0.1) is 0 Å². The molecule has 3 rings (SSSR count). The Morgan fingerprint density at radius 1 is 1.00 bits per heavy atom. The molecule has 2 aromatic carbocycles. The molecule has 1 heterocycles. The first kappa shape index (κ1) is 20.6. The lowest BCUT2D eigenvalue weighted by Gasteiger charge is -2.26. The molecule has 2 aromatic rings. The summed E-state index contributed by atoms with van der Waals surface area (Å²) in [5, 5.41) is 5.72. The number of hydrogen-bond acceptors (Lipinski definition) is 3. The molecule has 2 N–H and O–H groups in total. The summed E-state index contributed by atoms with van der Waals surface area (Å²) in [6.45, 7) is 4.58. The molecule has 0 spiro atoms. The molecule has 6 nitrogen and oxygen atoms in total. The van der Waals surface area contributed by atoms with Crippen LogP contribution in [-0.2, 0) is 16.0 Å². The number of carbonyl (C=O) groups is 3. The minimum absolute atomic E-state index is 0.0240. The van der Waals surface area contributed by atoms with Crippen LogP contribution >= 0.6 is 0 Å². The first-order chi connectivity index (χ1) is 13.9. The predicted molar refractivity (Wildman–Crippen MR) is 114 cm³/mol. The quantitative estimate of drug-likeness (QED) is 0.788. The zero-order valence-electron chi connectivity index (χ0n) is 16.9. The molecule has 1 saturated heterocycles. The van der Waals surface area contributed by atoms with Gasteiger partial charge in [0.25, 0.3) is 5.91 Å². The van der Waals surface area contributed by atoms with Gasteiger partial charge in [-0.3, -0.25) is 14.4 Å². The SMILES string of the molecule is CC(C)NC(=O)Cc1ccc(NC(=O)c2ccc(N3CCCCC3=O)cc2)cc1. The number of carbonyl (C=O) groups excluding carboxylic acids is 3. The summed E-state index contributed by atoms with van der Waals surface area (Å²) in [5.74, 6) is -0.105. The molecular weight excluding hydrogens is 366 g/mol. The number of nitrogens with zero attached hydrogens (tertiary/aromatic N) is 1. The van der Waals surface area contributed by atoms with E-state index in [1.54, 1.807) is 29.2 Å².